The molecule has 0 aromatic carbocycles. The summed E-state index contributed by atoms with van der Waals surface area (Å²) in [5.41, 5.74) is 0. The minimum atomic E-state index is -3.43. The van der Waals surface area contributed by atoms with Gasteiger partial charge in [-0.1, -0.05) is 6.92 Å². The van der Waals surface area contributed by atoms with Gasteiger partial charge in [0.2, 0.25) is 0 Å². The summed E-state index contributed by atoms with van der Waals surface area (Å²) < 4.78 is 31.8. The molecule has 19 heavy (non-hydrogen) atoms. The van der Waals surface area contributed by atoms with Gasteiger partial charge < -0.3 is 9.72 Å². The van der Waals surface area contributed by atoms with Crippen LogP contribution in [0.4, 0.5) is 0 Å². The van der Waals surface area contributed by atoms with Crippen molar-refractivity contribution in [2.75, 3.05) is 19.7 Å². The van der Waals surface area contributed by atoms with E-state index < -0.39 is 10.0 Å². The third-order valence-corrected chi connectivity index (χ3v) is 5.17. The lowest BCUT2D eigenvalue weighted by Gasteiger charge is -2.30. The number of imidazole rings is 1. The summed E-state index contributed by atoms with van der Waals surface area (Å²) in [4.78, 5) is 6.92. The molecule has 1 fully saturated rings. The van der Waals surface area contributed by atoms with Gasteiger partial charge >= 0.3 is 0 Å². The first kappa shape index (κ1) is 14.5. The van der Waals surface area contributed by atoms with Crippen molar-refractivity contribution in [3.05, 3.63) is 12.0 Å². The highest BCUT2D eigenvalue weighted by Gasteiger charge is 2.30. The summed E-state index contributed by atoms with van der Waals surface area (Å²) >= 11 is 0. The van der Waals surface area contributed by atoms with Crippen molar-refractivity contribution in [1.29, 1.82) is 0 Å². The summed E-state index contributed by atoms with van der Waals surface area (Å²) in [6, 6.07) is 0. The molecule has 0 bridgehead atoms. The van der Waals surface area contributed by atoms with E-state index in [1.165, 1.54) is 10.5 Å². The van der Waals surface area contributed by atoms with Crippen molar-refractivity contribution in [3.8, 4) is 0 Å². The van der Waals surface area contributed by atoms with Gasteiger partial charge in [0, 0.05) is 26.1 Å². The largest absolute Gasteiger partial charge is 0.378 e. The Morgan fingerprint density at radius 1 is 1.42 bits per heavy atom. The number of aromatic amines is 1. The molecule has 0 saturated carbocycles. The molecule has 1 aliphatic heterocycles. The fourth-order valence-electron chi connectivity index (χ4n) is 2.27. The molecule has 0 unspecified atom stereocenters. The number of sulfonamides is 1. The number of rotatable bonds is 5. The third kappa shape index (κ3) is 3.16. The number of hydrogen-bond acceptors (Lipinski definition) is 4. The van der Waals surface area contributed by atoms with Crippen LogP contribution in [0.2, 0.25) is 0 Å². The van der Waals surface area contributed by atoms with Crippen molar-refractivity contribution in [1.82, 2.24) is 14.3 Å². The maximum atomic E-state index is 12.4. The second-order valence-electron chi connectivity index (χ2n) is 4.61. The Bertz CT molecular complexity index is 504. The molecule has 2 rings (SSSR count). The fourth-order valence-corrected chi connectivity index (χ4v) is 3.67. The van der Waals surface area contributed by atoms with Crippen molar-refractivity contribution >= 4 is 10.0 Å². The van der Waals surface area contributed by atoms with Gasteiger partial charge in [0.1, 0.15) is 5.82 Å². The molecule has 0 aliphatic carbocycles. The molecular weight excluding hydrogens is 266 g/mol. The molecular formula is C12H21N3O3S. The first-order valence-electron chi connectivity index (χ1n) is 6.73. The Morgan fingerprint density at radius 2 is 2.11 bits per heavy atom. The van der Waals surface area contributed by atoms with Gasteiger partial charge in [0.15, 0.2) is 5.03 Å². The molecule has 2 heterocycles. The molecule has 0 spiro atoms. The Kier molecular flexibility index (Phi) is 4.59. The average molecular weight is 287 g/mol. The number of aryl methyl sites for hydroxylation is 1. The lowest BCUT2D eigenvalue weighted by Crippen LogP contribution is -2.41. The Hall–Kier alpha value is -0.920. The molecule has 0 amide bonds. The van der Waals surface area contributed by atoms with Crippen LogP contribution in [0.15, 0.2) is 11.2 Å². The van der Waals surface area contributed by atoms with Gasteiger partial charge in [-0.2, -0.15) is 4.31 Å². The topological polar surface area (TPSA) is 75.3 Å². The first-order valence-corrected chi connectivity index (χ1v) is 8.17. The normalized spacial score (nSPS) is 18.8. The molecule has 1 saturated heterocycles. The molecule has 0 radical (unpaired) electrons. The number of ether oxygens (including phenoxy) is 1. The predicted octanol–water partition coefficient (Wildman–Crippen LogP) is 1.16. The van der Waals surface area contributed by atoms with Crippen LogP contribution in [0.25, 0.3) is 0 Å². The molecule has 0 atom stereocenters. The van der Waals surface area contributed by atoms with Gasteiger partial charge in [-0.3, -0.25) is 0 Å². The minimum absolute atomic E-state index is 0.185. The highest BCUT2D eigenvalue weighted by Crippen LogP contribution is 2.21. The lowest BCUT2D eigenvalue weighted by molar-refractivity contribution is 0.0290. The van der Waals surface area contributed by atoms with E-state index >= 15 is 0 Å². The van der Waals surface area contributed by atoms with E-state index in [0.717, 1.165) is 12.8 Å². The highest BCUT2D eigenvalue weighted by molar-refractivity contribution is 7.89. The van der Waals surface area contributed by atoms with E-state index in [0.29, 0.717) is 31.9 Å². The van der Waals surface area contributed by atoms with E-state index in [1.807, 2.05) is 13.8 Å². The lowest BCUT2D eigenvalue weighted by atomic mass is 10.1. The third-order valence-electron chi connectivity index (χ3n) is 3.36. The Labute approximate surface area is 114 Å². The smallest absolute Gasteiger partial charge is 0.260 e. The van der Waals surface area contributed by atoms with Gasteiger partial charge in [-0.05, 0) is 19.8 Å². The van der Waals surface area contributed by atoms with Crippen molar-refractivity contribution < 1.29 is 13.2 Å². The van der Waals surface area contributed by atoms with E-state index in [2.05, 4.69) is 9.97 Å². The molecule has 1 aliphatic rings. The Morgan fingerprint density at radius 3 is 2.63 bits per heavy atom. The highest BCUT2D eigenvalue weighted by atomic mass is 32.2. The van der Waals surface area contributed by atoms with Crippen LogP contribution in [0.5, 0.6) is 0 Å². The number of piperidine rings is 1. The fraction of sp³-hybridized carbons (Fsp3) is 0.750. The van der Waals surface area contributed by atoms with E-state index in [1.54, 1.807) is 0 Å². The van der Waals surface area contributed by atoms with Crippen LogP contribution in [-0.4, -0.2) is 48.5 Å². The quantitative estimate of drug-likeness (QED) is 0.882. The molecule has 1 N–H and O–H groups in total. The zero-order valence-electron chi connectivity index (χ0n) is 11.4. The molecule has 1 aromatic rings. The van der Waals surface area contributed by atoms with E-state index in [9.17, 15) is 8.42 Å². The number of hydrogen-bond donors (Lipinski definition) is 1. The van der Waals surface area contributed by atoms with Gasteiger partial charge in [-0.25, -0.2) is 13.4 Å². The van der Waals surface area contributed by atoms with Gasteiger partial charge in [0.05, 0.1) is 12.3 Å². The molecule has 6 nitrogen and oxygen atoms in total. The van der Waals surface area contributed by atoms with Gasteiger partial charge in [-0.15, -0.1) is 0 Å². The first-order chi connectivity index (χ1) is 9.07. The van der Waals surface area contributed by atoms with Crippen LogP contribution < -0.4 is 0 Å². The van der Waals surface area contributed by atoms with Crippen LogP contribution in [0.1, 0.15) is 32.5 Å². The zero-order chi connectivity index (χ0) is 13.9. The van der Waals surface area contributed by atoms with Crippen LogP contribution >= 0.6 is 0 Å². The maximum Gasteiger partial charge on any atom is 0.260 e. The monoisotopic (exact) mass is 287 g/mol. The molecule has 108 valence electrons. The maximum absolute atomic E-state index is 12.4. The summed E-state index contributed by atoms with van der Waals surface area (Å²) in [7, 11) is -3.43. The van der Waals surface area contributed by atoms with Crippen molar-refractivity contribution in [2.45, 2.75) is 44.2 Å². The van der Waals surface area contributed by atoms with Crippen molar-refractivity contribution in [3.63, 3.8) is 0 Å². The summed E-state index contributed by atoms with van der Waals surface area (Å²) in [6.07, 6.45) is 3.79. The predicted molar refractivity (Wildman–Crippen MR) is 71.4 cm³/mol. The number of H-pyrrole nitrogens is 1. The van der Waals surface area contributed by atoms with Crippen LogP contribution in [-0.2, 0) is 21.2 Å². The molecule has 7 heteroatoms. The van der Waals surface area contributed by atoms with Gasteiger partial charge in [0.25, 0.3) is 10.0 Å². The Balaban J connectivity index is 2.05. The zero-order valence-corrected chi connectivity index (χ0v) is 12.2. The minimum Gasteiger partial charge on any atom is -0.378 e. The summed E-state index contributed by atoms with van der Waals surface area (Å²) in [6.45, 7) is 5.58. The second kappa shape index (κ2) is 6.02. The molecule has 1 aromatic heterocycles. The summed E-state index contributed by atoms with van der Waals surface area (Å²) in [5, 5.41) is 0.194. The number of aromatic nitrogens is 2. The van der Waals surface area contributed by atoms with E-state index in [4.69, 9.17) is 4.74 Å². The number of nitrogens with one attached hydrogen (secondary N) is 1. The summed E-state index contributed by atoms with van der Waals surface area (Å²) in [5.74, 6) is 0.697. The van der Waals surface area contributed by atoms with E-state index in [-0.39, 0.29) is 11.1 Å². The second-order valence-corrected chi connectivity index (χ2v) is 6.51. The van der Waals surface area contributed by atoms with Crippen molar-refractivity contribution in [2.24, 2.45) is 0 Å². The van der Waals surface area contributed by atoms with Crippen LogP contribution in [0.3, 0.4) is 0 Å². The SMILES string of the molecule is CCOC1CCN(S(=O)(=O)c2cnc(CC)[nH]2)CC1. The average Bonchev–Trinajstić information content (AvgIpc) is 2.89. The van der Waals surface area contributed by atoms with Crippen LogP contribution in [0, 0.1) is 0 Å². The number of nitrogens with zero attached hydrogens (tertiary/aromatic N) is 2. The standard InChI is InChI=1S/C12H21N3O3S/c1-3-11-13-9-12(14-11)19(16,17)15-7-5-10(6-8-15)18-4-2/h9-10H,3-8H2,1-2H3,(H,13,14).